The fourth-order valence-electron chi connectivity index (χ4n) is 1.40. The number of ether oxygens (including phenoxy) is 1. The van der Waals surface area contributed by atoms with Crippen molar-refractivity contribution in [1.82, 2.24) is 14.8 Å². The van der Waals surface area contributed by atoms with E-state index in [4.69, 9.17) is 4.74 Å². The third-order valence-electron chi connectivity index (χ3n) is 1.99. The highest BCUT2D eigenvalue weighted by Gasteiger charge is 2.20. The van der Waals surface area contributed by atoms with E-state index in [1.54, 1.807) is 0 Å². The van der Waals surface area contributed by atoms with Crippen LogP contribution in [0.5, 0.6) is 0 Å². The molecule has 1 atom stereocenters. The molecule has 2 heterocycles. The van der Waals surface area contributed by atoms with Gasteiger partial charge in [-0.2, -0.15) is 5.10 Å². The van der Waals surface area contributed by atoms with Crippen LogP contribution in [-0.2, 0) is 4.74 Å². The molecule has 0 aromatic carbocycles. The van der Waals surface area contributed by atoms with E-state index in [0.29, 0.717) is 13.0 Å². The number of rotatable bonds is 1. The Morgan fingerprint density at radius 2 is 2.46 bits per heavy atom. The zero-order chi connectivity index (χ0) is 9.26. The Morgan fingerprint density at radius 3 is 3.08 bits per heavy atom. The number of H-pyrrole nitrogens is 1. The van der Waals surface area contributed by atoms with Crippen LogP contribution in [0.3, 0.4) is 0 Å². The zero-order valence-corrected chi connectivity index (χ0v) is 6.90. The third kappa shape index (κ3) is 1.40. The van der Waals surface area contributed by atoms with Crippen LogP contribution >= 0.6 is 0 Å². The van der Waals surface area contributed by atoms with Crippen molar-refractivity contribution in [3.8, 4) is 0 Å². The summed E-state index contributed by atoms with van der Waals surface area (Å²) in [5.74, 6) is 0. The molecule has 0 bridgehead atoms. The van der Waals surface area contributed by atoms with Gasteiger partial charge >= 0.3 is 5.69 Å². The van der Waals surface area contributed by atoms with Gasteiger partial charge in [-0.1, -0.05) is 0 Å². The van der Waals surface area contributed by atoms with Crippen LogP contribution in [0.25, 0.3) is 0 Å². The monoisotopic (exact) mass is 183 g/mol. The molecule has 0 aliphatic carbocycles. The summed E-state index contributed by atoms with van der Waals surface area (Å²) in [5.41, 5.74) is -0.935. The second kappa shape index (κ2) is 3.14. The quantitative estimate of drug-likeness (QED) is 0.620. The predicted octanol–water partition coefficient (Wildman–Crippen LogP) is -0.759. The second-order valence-electron chi connectivity index (χ2n) is 2.85. The van der Waals surface area contributed by atoms with Crippen LogP contribution in [0.4, 0.5) is 0 Å². The van der Waals surface area contributed by atoms with E-state index in [0.717, 1.165) is 17.2 Å². The number of hydrogen-bond acceptors (Lipinski definition) is 4. The van der Waals surface area contributed by atoms with E-state index in [1.807, 2.05) is 0 Å². The van der Waals surface area contributed by atoms with Gasteiger partial charge in [0.1, 0.15) is 12.4 Å². The van der Waals surface area contributed by atoms with Crippen molar-refractivity contribution in [3.05, 3.63) is 27.0 Å². The Labute approximate surface area is 73.2 Å². The molecule has 70 valence electrons. The second-order valence-corrected chi connectivity index (χ2v) is 2.85. The molecular weight excluding hydrogens is 174 g/mol. The predicted molar refractivity (Wildman–Crippen MR) is 43.3 cm³/mol. The molecule has 1 aromatic rings. The van der Waals surface area contributed by atoms with Gasteiger partial charge in [-0.05, 0) is 12.8 Å². The van der Waals surface area contributed by atoms with Gasteiger partial charge < -0.3 is 4.74 Å². The van der Waals surface area contributed by atoms with Crippen LogP contribution in [-0.4, -0.2) is 21.4 Å². The Morgan fingerprint density at radius 1 is 1.62 bits per heavy atom. The highest BCUT2D eigenvalue weighted by molar-refractivity contribution is 4.77. The summed E-state index contributed by atoms with van der Waals surface area (Å²) in [5, 5.41) is 5.58. The first-order chi connectivity index (χ1) is 6.29. The van der Waals surface area contributed by atoms with E-state index >= 15 is 0 Å². The smallest absolute Gasteiger partial charge is 0.346 e. The Balaban J connectivity index is 2.49. The van der Waals surface area contributed by atoms with Crippen molar-refractivity contribution in [1.29, 1.82) is 0 Å². The van der Waals surface area contributed by atoms with Crippen molar-refractivity contribution in [2.75, 3.05) is 6.61 Å². The molecule has 0 saturated carbocycles. The van der Waals surface area contributed by atoms with Gasteiger partial charge in [0, 0.05) is 6.61 Å². The van der Waals surface area contributed by atoms with Crippen molar-refractivity contribution < 1.29 is 4.74 Å². The minimum Gasteiger partial charge on any atom is -0.358 e. The first-order valence-electron chi connectivity index (χ1n) is 4.07. The lowest BCUT2D eigenvalue weighted by molar-refractivity contribution is 0.0496. The van der Waals surface area contributed by atoms with E-state index in [2.05, 4.69) is 10.2 Å². The minimum atomic E-state index is -0.514. The standard InChI is InChI=1S/C7H9N3O3/c11-5-4-8-9-7(12)10(5)6-2-1-3-13-6/h4,6H,1-3H2,(H,9,12). The number of aromatic amines is 1. The molecule has 1 N–H and O–H groups in total. The summed E-state index contributed by atoms with van der Waals surface area (Å²) < 4.78 is 6.27. The highest BCUT2D eigenvalue weighted by atomic mass is 16.5. The van der Waals surface area contributed by atoms with Crippen molar-refractivity contribution in [2.45, 2.75) is 19.1 Å². The van der Waals surface area contributed by atoms with Crippen LogP contribution in [0.15, 0.2) is 15.8 Å². The number of hydrogen-bond donors (Lipinski definition) is 1. The summed E-state index contributed by atoms with van der Waals surface area (Å²) >= 11 is 0. The molecule has 1 unspecified atom stereocenters. The summed E-state index contributed by atoms with van der Waals surface area (Å²) in [6.45, 7) is 0.596. The lowest BCUT2D eigenvalue weighted by atomic mass is 10.3. The maximum Gasteiger partial charge on any atom is 0.346 e. The molecule has 1 aromatic heterocycles. The first-order valence-corrected chi connectivity index (χ1v) is 4.07. The van der Waals surface area contributed by atoms with Crippen LogP contribution < -0.4 is 11.2 Å². The van der Waals surface area contributed by atoms with Gasteiger partial charge in [-0.3, -0.25) is 4.79 Å². The van der Waals surface area contributed by atoms with Crippen LogP contribution in [0, 0.1) is 0 Å². The van der Waals surface area contributed by atoms with Gasteiger partial charge in [-0.15, -0.1) is 0 Å². The van der Waals surface area contributed by atoms with Crippen molar-refractivity contribution in [3.63, 3.8) is 0 Å². The van der Waals surface area contributed by atoms with E-state index < -0.39 is 17.5 Å². The molecular formula is C7H9N3O3. The molecule has 13 heavy (non-hydrogen) atoms. The lowest BCUT2D eigenvalue weighted by Crippen LogP contribution is -2.38. The van der Waals surface area contributed by atoms with E-state index in [9.17, 15) is 9.59 Å². The molecule has 0 spiro atoms. The van der Waals surface area contributed by atoms with Gasteiger partial charge in [0.05, 0.1) is 0 Å². The summed E-state index contributed by atoms with van der Waals surface area (Å²) in [6, 6.07) is 0. The molecule has 6 heteroatoms. The zero-order valence-electron chi connectivity index (χ0n) is 6.90. The SMILES string of the molecule is O=c1cn[nH]c(=O)n1C1CCCO1. The molecule has 1 saturated heterocycles. The molecule has 1 fully saturated rings. The van der Waals surface area contributed by atoms with Crippen LogP contribution in [0.2, 0.25) is 0 Å². The maximum absolute atomic E-state index is 11.2. The van der Waals surface area contributed by atoms with E-state index in [1.165, 1.54) is 0 Å². The summed E-state index contributed by atoms with van der Waals surface area (Å²) in [7, 11) is 0. The largest absolute Gasteiger partial charge is 0.358 e. The Kier molecular flexibility index (Phi) is 1.97. The summed E-state index contributed by atoms with van der Waals surface area (Å²) in [6.07, 6.45) is 2.23. The highest BCUT2D eigenvalue weighted by Crippen LogP contribution is 2.18. The average molecular weight is 183 g/mol. The van der Waals surface area contributed by atoms with Gasteiger partial charge in [0.15, 0.2) is 0 Å². The van der Waals surface area contributed by atoms with Gasteiger partial charge in [0.25, 0.3) is 5.56 Å². The van der Waals surface area contributed by atoms with Crippen LogP contribution in [0.1, 0.15) is 19.1 Å². The summed E-state index contributed by atoms with van der Waals surface area (Å²) in [4.78, 5) is 22.4. The number of aromatic nitrogens is 3. The molecule has 0 amide bonds. The minimum absolute atomic E-state index is 0.417. The van der Waals surface area contributed by atoms with Crippen molar-refractivity contribution in [2.24, 2.45) is 0 Å². The van der Waals surface area contributed by atoms with Crippen molar-refractivity contribution >= 4 is 0 Å². The molecule has 1 aliphatic rings. The molecule has 6 nitrogen and oxygen atoms in total. The molecule has 1 aliphatic heterocycles. The average Bonchev–Trinajstić information content (AvgIpc) is 2.57. The Hall–Kier alpha value is -1.43. The topological polar surface area (TPSA) is 77.0 Å². The maximum atomic E-state index is 11.2. The number of nitrogens with zero attached hydrogens (tertiary/aromatic N) is 2. The fourth-order valence-corrected chi connectivity index (χ4v) is 1.40. The fraction of sp³-hybridized carbons (Fsp3) is 0.571. The molecule has 2 rings (SSSR count). The lowest BCUT2D eigenvalue weighted by Gasteiger charge is -2.09. The Bertz CT molecular complexity index is 374. The van der Waals surface area contributed by atoms with Gasteiger partial charge in [0.2, 0.25) is 0 Å². The third-order valence-corrected chi connectivity index (χ3v) is 1.99. The van der Waals surface area contributed by atoms with E-state index in [-0.39, 0.29) is 0 Å². The molecule has 0 radical (unpaired) electrons. The number of nitrogens with one attached hydrogen (secondary N) is 1. The first kappa shape index (κ1) is 8.18. The van der Waals surface area contributed by atoms with Gasteiger partial charge in [-0.25, -0.2) is 14.5 Å². The normalized spacial score (nSPS) is 22.0.